The predicted molar refractivity (Wildman–Crippen MR) is 69.2 cm³/mol. The highest BCUT2D eigenvalue weighted by molar-refractivity contribution is 6.36. The molecule has 0 aromatic heterocycles. The number of hydrogen-bond acceptors (Lipinski definition) is 5. The summed E-state index contributed by atoms with van der Waals surface area (Å²) in [6.07, 6.45) is 0. The Morgan fingerprint density at radius 1 is 1.06 bits per heavy atom. The minimum Gasteiger partial charge on any atom is -0.402 e. The Bertz CT molecular complexity index is 132. The fraction of sp³-hybridized carbons (Fsp3) is 1.00. The summed E-state index contributed by atoms with van der Waals surface area (Å²) >= 11 is 0. The molecule has 0 aliphatic heterocycles. The van der Waals surface area contributed by atoms with Crippen molar-refractivity contribution < 1.29 is 22.1 Å². The number of hydrogen-bond donors (Lipinski definition) is 0. The standard InChI is InChI=1S/C6H16O3Si.C3H10O2Si/c1-6(2,3)9-10(7-4)8-5;1-3-5-6-4-2/h10H,1-5H3;3,6H2,1-2H3. The second kappa shape index (κ2) is 11.7. The van der Waals surface area contributed by atoms with E-state index in [-0.39, 0.29) is 5.60 Å². The molecule has 0 amide bonds. The van der Waals surface area contributed by atoms with Gasteiger partial charge in [0.25, 0.3) is 0 Å². The lowest BCUT2D eigenvalue weighted by molar-refractivity contribution is 0.0430. The second-order valence-electron chi connectivity index (χ2n) is 3.89. The topological polar surface area (TPSA) is 46.2 Å². The van der Waals surface area contributed by atoms with Crippen molar-refractivity contribution in [1.29, 1.82) is 0 Å². The number of rotatable bonds is 6. The molecule has 0 aliphatic rings. The lowest BCUT2D eigenvalue weighted by Crippen LogP contribution is -2.34. The highest BCUT2D eigenvalue weighted by atomic mass is 28.3. The summed E-state index contributed by atoms with van der Waals surface area (Å²) < 4.78 is 25.0. The molecule has 0 aliphatic carbocycles. The fourth-order valence-corrected chi connectivity index (χ4v) is 1.94. The maximum Gasteiger partial charge on any atom is 0.484 e. The molecule has 0 N–H and O–H groups in total. The minimum absolute atomic E-state index is 0.164. The van der Waals surface area contributed by atoms with Crippen LogP contribution in [-0.4, -0.2) is 53.1 Å². The van der Waals surface area contributed by atoms with E-state index in [9.17, 15) is 0 Å². The summed E-state index contributed by atoms with van der Waals surface area (Å²) in [7, 11) is 2.48. The Balaban J connectivity index is 0. The maximum atomic E-state index is 5.43. The van der Waals surface area contributed by atoms with Crippen LogP contribution in [0.3, 0.4) is 0 Å². The van der Waals surface area contributed by atoms with E-state index in [1.807, 2.05) is 27.7 Å². The van der Waals surface area contributed by atoms with Crippen LogP contribution in [0.15, 0.2) is 0 Å². The molecule has 0 rings (SSSR count). The van der Waals surface area contributed by atoms with Gasteiger partial charge in [-0.15, -0.1) is 0 Å². The zero-order valence-corrected chi connectivity index (χ0v) is 14.1. The first-order chi connectivity index (χ1) is 7.41. The van der Waals surface area contributed by atoms with Gasteiger partial charge in [0.1, 0.15) is 0 Å². The van der Waals surface area contributed by atoms with Crippen LogP contribution < -0.4 is 0 Å². The van der Waals surface area contributed by atoms with Crippen LogP contribution in [0.5, 0.6) is 0 Å². The van der Waals surface area contributed by atoms with Crippen molar-refractivity contribution in [2.24, 2.45) is 0 Å². The third kappa shape index (κ3) is 16.7. The van der Waals surface area contributed by atoms with Gasteiger partial charge in [0, 0.05) is 27.9 Å². The monoisotopic (exact) mass is 270 g/mol. The quantitative estimate of drug-likeness (QED) is 0.519. The Morgan fingerprint density at radius 2 is 1.56 bits per heavy atom. The van der Waals surface area contributed by atoms with E-state index < -0.39 is 19.5 Å². The van der Waals surface area contributed by atoms with Gasteiger partial charge in [0.2, 0.25) is 0 Å². The molecule has 0 bridgehead atoms. The normalized spacial score (nSPS) is 12.0. The average molecular weight is 270 g/mol. The van der Waals surface area contributed by atoms with Crippen LogP contribution in [0.25, 0.3) is 0 Å². The highest BCUT2D eigenvalue weighted by Gasteiger charge is 2.20. The van der Waals surface area contributed by atoms with Crippen LogP contribution in [0.1, 0.15) is 27.7 Å². The molecular weight excluding hydrogens is 244 g/mol. The molecule has 5 nitrogen and oxygen atoms in total. The third-order valence-corrected chi connectivity index (χ3v) is 3.72. The molecule has 0 saturated carbocycles. The van der Waals surface area contributed by atoms with Gasteiger partial charge in [-0.3, -0.25) is 0 Å². The fourth-order valence-electron chi connectivity index (χ4n) is 0.648. The second-order valence-corrected chi connectivity index (χ2v) is 6.87. The Hall–Kier alpha value is 0.234. The molecule has 0 heterocycles. The minimum atomic E-state index is -1.82. The van der Waals surface area contributed by atoms with Crippen LogP contribution in [0.2, 0.25) is 0 Å². The van der Waals surface area contributed by atoms with Crippen LogP contribution in [0.4, 0.5) is 0 Å². The zero-order chi connectivity index (χ0) is 13.0. The molecule has 0 saturated heterocycles. The molecule has 0 spiro atoms. The van der Waals surface area contributed by atoms with Crippen molar-refractivity contribution in [3.05, 3.63) is 0 Å². The van der Waals surface area contributed by atoms with Crippen LogP contribution in [-0.2, 0) is 22.1 Å². The zero-order valence-electron chi connectivity index (χ0n) is 11.5. The molecule has 0 atom stereocenters. The van der Waals surface area contributed by atoms with Gasteiger partial charge in [0.05, 0.1) is 5.60 Å². The van der Waals surface area contributed by atoms with Gasteiger partial charge < -0.3 is 22.1 Å². The summed E-state index contributed by atoms with van der Waals surface area (Å²) in [4.78, 5) is 0. The Morgan fingerprint density at radius 3 is 1.69 bits per heavy atom. The SMILES string of the molecule is CCO[SiH2]OC.CO[SiH](OC)OC(C)(C)C. The van der Waals surface area contributed by atoms with Crippen molar-refractivity contribution in [1.82, 2.24) is 0 Å². The molecule has 0 aromatic carbocycles. The van der Waals surface area contributed by atoms with E-state index >= 15 is 0 Å². The van der Waals surface area contributed by atoms with E-state index in [2.05, 4.69) is 0 Å². The highest BCUT2D eigenvalue weighted by Crippen LogP contribution is 2.08. The first kappa shape index (κ1) is 18.6. The summed E-state index contributed by atoms with van der Waals surface area (Å²) in [5.74, 6) is 0. The van der Waals surface area contributed by atoms with E-state index in [1.54, 1.807) is 21.3 Å². The smallest absolute Gasteiger partial charge is 0.402 e. The lowest BCUT2D eigenvalue weighted by Gasteiger charge is -2.23. The average Bonchev–Trinajstić information content (AvgIpc) is 2.22. The van der Waals surface area contributed by atoms with Crippen molar-refractivity contribution in [2.75, 3.05) is 27.9 Å². The van der Waals surface area contributed by atoms with Gasteiger partial charge in [0.15, 0.2) is 0 Å². The third-order valence-electron chi connectivity index (χ3n) is 1.24. The Labute approximate surface area is 103 Å². The first-order valence-electron chi connectivity index (χ1n) is 5.21. The van der Waals surface area contributed by atoms with Gasteiger partial charge in [-0.2, -0.15) is 0 Å². The van der Waals surface area contributed by atoms with E-state index in [0.29, 0.717) is 0 Å². The van der Waals surface area contributed by atoms with Crippen molar-refractivity contribution in [2.45, 2.75) is 33.3 Å². The largest absolute Gasteiger partial charge is 0.484 e. The molecule has 0 aromatic rings. The van der Waals surface area contributed by atoms with Gasteiger partial charge >= 0.3 is 19.5 Å². The van der Waals surface area contributed by atoms with Crippen LogP contribution >= 0.6 is 0 Å². The molecule has 100 valence electrons. The molecule has 0 fully saturated rings. The molecule has 0 radical (unpaired) electrons. The van der Waals surface area contributed by atoms with Crippen molar-refractivity contribution in [3.8, 4) is 0 Å². The van der Waals surface area contributed by atoms with Gasteiger partial charge in [-0.1, -0.05) is 0 Å². The predicted octanol–water partition coefficient (Wildman–Crippen LogP) is 0.480. The molecular formula is C9H26O5Si2. The van der Waals surface area contributed by atoms with E-state index in [0.717, 1.165) is 6.61 Å². The van der Waals surface area contributed by atoms with Gasteiger partial charge in [-0.25, -0.2) is 0 Å². The van der Waals surface area contributed by atoms with Crippen molar-refractivity contribution >= 4 is 19.5 Å². The summed E-state index contributed by atoms with van der Waals surface area (Å²) in [5, 5.41) is 0. The summed E-state index contributed by atoms with van der Waals surface area (Å²) in [6, 6.07) is 0. The van der Waals surface area contributed by atoms with E-state index in [4.69, 9.17) is 22.1 Å². The molecule has 7 heteroatoms. The maximum absolute atomic E-state index is 5.43. The molecule has 16 heavy (non-hydrogen) atoms. The summed E-state index contributed by atoms with van der Waals surface area (Å²) in [6.45, 7) is 8.69. The van der Waals surface area contributed by atoms with Gasteiger partial charge in [-0.05, 0) is 27.7 Å². The lowest BCUT2D eigenvalue weighted by atomic mass is 10.2. The van der Waals surface area contributed by atoms with Crippen LogP contribution in [0, 0.1) is 0 Å². The molecule has 0 unspecified atom stereocenters. The van der Waals surface area contributed by atoms with E-state index in [1.165, 1.54) is 0 Å². The summed E-state index contributed by atoms with van der Waals surface area (Å²) in [5.41, 5.74) is -0.164. The Kier molecular flexibility index (Phi) is 13.6. The first-order valence-corrected chi connectivity index (χ1v) is 7.78. The van der Waals surface area contributed by atoms with Crippen molar-refractivity contribution in [3.63, 3.8) is 0 Å².